The Labute approximate surface area is 124 Å². The minimum Gasteiger partial charge on any atom is -0.489 e. The van der Waals surface area contributed by atoms with Gasteiger partial charge < -0.3 is 9.47 Å². The fraction of sp³-hybridized carbons (Fsp3) is 0.167. The van der Waals surface area contributed by atoms with Gasteiger partial charge in [-0.05, 0) is 42.3 Å². The van der Waals surface area contributed by atoms with E-state index in [0.717, 1.165) is 5.56 Å². The predicted molar refractivity (Wildman–Crippen MR) is 81.1 cm³/mol. The second-order valence-corrected chi connectivity index (χ2v) is 4.52. The third-order valence-corrected chi connectivity index (χ3v) is 3.03. The molecule has 0 saturated heterocycles. The molecule has 0 amide bonds. The van der Waals surface area contributed by atoms with Gasteiger partial charge in [0.15, 0.2) is 6.61 Å². The summed E-state index contributed by atoms with van der Waals surface area (Å²) in [6, 6.07) is 14.9. The van der Waals surface area contributed by atoms with E-state index >= 15 is 0 Å². The molecule has 0 N–H and O–H groups in total. The summed E-state index contributed by atoms with van der Waals surface area (Å²) in [5.41, 5.74) is 2.77. The van der Waals surface area contributed by atoms with Gasteiger partial charge in [-0.25, -0.2) is 4.79 Å². The molecular formula is C18H16O3. The highest BCUT2D eigenvalue weighted by Gasteiger charge is 2.06. The lowest BCUT2D eigenvalue weighted by molar-refractivity contribution is 0.0556. The molecule has 0 aliphatic heterocycles. The Morgan fingerprint density at radius 3 is 2.52 bits per heavy atom. The number of esters is 1. The number of terminal acetylenes is 1. The summed E-state index contributed by atoms with van der Waals surface area (Å²) in [6.45, 7) is 2.52. The lowest BCUT2D eigenvalue weighted by Gasteiger charge is -2.09. The van der Waals surface area contributed by atoms with Gasteiger partial charge in [0.2, 0.25) is 0 Å². The molecule has 0 heterocycles. The molecule has 106 valence electrons. The highest BCUT2D eigenvalue weighted by molar-refractivity contribution is 5.89. The molecule has 3 heteroatoms. The summed E-state index contributed by atoms with van der Waals surface area (Å²) in [4.78, 5) is 11.6. The number of rotatable bonds is 5. The first-order chi connectivity index (χ1) is 10.2. The van der Waals surface area contributed by atoms with Crippen molar-refractivity contribution >= 4 is 5.97 Å². The van der Waals surface area contributed by atoms with Crippen LogP contribution in [0, 0.1) is 19.3 Å². The van der Waals surface area contributed by atoms with Crippen molar-refractivity contribution in [3.05, 3.63) is 65.2 Å². The average Bonchev–Trinajstić information content (AvgIpc) is 2.52. The van der Waals surface area contributed by atoms with E-state index in [1.54, 1.807) is 24.3 Å². The van der Waals surface area contributed by atoms with Gasteiger partial charge in [0, 0.05) is 0 Å². The molecule has 0 radical (unpaired) electrons. The van der Waals surface area contributed by atoms with Crippen LogP contribution in [0.5, 0.6) is 5.75 Å². The van der Waals surface area contributed by atoms with Gasteiger partial charge in [0.1, 0.15) is 12.4 Å². The molecule has 0 aromatic heterocycles. The fourth-order valence-electron chi connectivity index (χ4n) is 1.81. The van der Waals surface area contributed by atoms with Gasteiger partial charge >= 0.3 is 5.97 Å². The average molecular weight is 280 g/mol. The summed E-state index contributed by atoms with van der Waals surface area (Å²) in [7, 11) is 0. The number of benzene rings is 2. The molecule has 0 fully saturated rings. The molecule has 0 saturated carbocycles. The Morgan fingerprint density at radius 1 is 1.14 bits per heavy atom. The number of aryl methyl sites for hydroxylation is 1. The molecule has 2 aromatic rings. The number of carbonyl (C=O) groups excluding carboxylic acids is 1. The predicted octanol–water partition coefficient (Wildman–Crippen LogP) is 3.36. The molecule has 0 aliphatic rings. The van der Waals surface area contributed by atoms with Crippen molar-refractivity contribution in [1.82, 2.24) is 0 Å². The number of hydrogen-bond acceptors (Lipinski definition) is 3. The minimum absolute atomic E-state index is 0.0234. The Kier molecular flexibility index (Phi) is 5.00. The monoisotopic (exact) mass is 280 g/mol. The molecule has 2 aromatic carbocycles. The smallest absolute Gasteiger partial charge is 0.339 e. The largest absolute Gasteiger partial charge is 0.489 e. The highest BCUT2D eigenvalue weighted by Crippen LogP contribution is 2.16. The summed E-state index contributed by atoms with van der Waals surface area (Å²) >= 11 is 0. The van der Waals surface area contributed by atoms with Crippen LogP contribution < -0.4 is 4.74 Å². The molecular weight excluding hydrogens is 264 g/mol. The quantitative estimate of drug-likeness (QED) is 0.622. The lowest BCUT2D eigenvalue weighted by atomic mass is 10.1. The van der Waals surface area contributed by atoms with Crippen molar-refractivity contribution in [2.75, 3.05) is 6.61 Å². The molecule has 2 rings (SSSR count). The summed E-state index contributed by atoms with van der Waals surface area (Å²) in [5.74, 6) is 2.52. The normalized spacial score (nSPS) is 9.71. The first-order valence-corrected chi connectivity index (χ1v) is 6.58. The lowest BCUT2D eigenvalue weighted by Crippen LogP contribution is -2.05. The van der Waals surface area contributed by atoms with Gasteiger partial charge in [-0.2, -0.15) is 0 Å². The summed E-state index contributed by atoms with van der Waals surface area (Å²) in [6.07, 6.45) is 5.04. The SMILES string of the molecule is C#CCOC(=O)c1ccc(OCc2ccccc2C)cc1. The van der Waals surface area contributed by atoms with E-state index < -0.39 is 5.97 Å². The zero-order valence-corrected chi connectivity index (χ0v) is 11.8. The van der Waals surface area contributed by atoms with Gasteiger partial charge in [0.05, 0.1) is 5.56 Å². The van der Waals surface area contributed by atoms with Crippen molar-refractivity contribution < 1.29 is 14.3 Å². The van der Waals surface area contributed by atoms with E-state index in [2.05, 4.69) is 5.92 Å². The topological polar surface area (TPSA) is 35.5 Å². The van der Waals surface area contributed by atoms with Crippen LogP contribution in [0.25, 0.3) is 0 Å². The van der Waals surface area contributed by atoms with E-state index in [1.165, 1.54) is 5.56 Å². The van der Waals surface area contributed by atoms with Crippen molar-refractivity contribution in [2.45, 2.75) is 13.5 Å². The van der Waals surface area contributed by atoms with Crippen molar-refractivity contribution in [2.24, 2.45) is 0 Å². The second kappa shape index (κ2) is 7.16. The summed E-state index contributed by atoms with van der Waals surface area (Å²) < 4.78 is 10.6. The molecule has 0 unspecified atom stereocenters. The Bertz CT molecular complexity index is 651. The third kappa shape index (κ3) is 4.12. The standard InChI is InChI=1S/C18H16O3/c1-3-12-20-18(19)15-8-10-17(11-9-15)21-13-16-7-5-4-6-14(16)2/h1,4-11H,12-13H2,2H3. The van der Waals surface area contributed by atoms with Crippen LogP contribution in [0.4, 0.5) is 0 Å². The van der Waals surface area contributed by atoms with Crippen LogP contribution in [-0.2, 0) is 11.3 Å². The van der Waals surface area contributed by atoms with Crippen LogP contribution in [0.2, 0.25) is 0 Å². The maximum Gasteiger partial charge on any atom is 0.339 e. The highest BCUT2D eigenvalue weighted by atomic mass is 16.5. The summed E-state index contributed by atoms with van der Waals surface area (Å²) in [5, 5.41) is 0. The zero-order chi connectivity index (χ0) is 15.1. The first kappa shape index (κ1) is 14.7. The Balaban J connectivity index is 1.95. The second-order valence-electron chi connectivity index (χ2n) is 4.52. The maximum atomic E-state index is 11.6. The Hall–Kier alpha value is -2.73. The van der Waals surface area contributed by atoms with Gasteiger partial charge in [-0.1, -0.05) is 30.2 Å². The van der Waals surface area contributed by atoms with Crippen LogP contribution in [0.15, 0.2) is 48.5 Å². The van der Waals surface area contributed by atoms with E-state index in [9.17, 15) is 4.79 Å². The molecule has 0 atom stereocenters. The van der Waals surface area contributed by atoms with E-state index in [-0.39, 0.29) is 6.61 Å². The van der Waals surface area contributed by atoms with E-state index in [0.29, 0.717) is 17.9 Å². The van der Waals surface area contributed by atoms with Crippen molar-refractivity contribution in [3.63, 3.8) is 0 Å². The maximum absolute atomic E-state index is 11.6. The fourth-order valence-corrected chi connectivity index (χ4v) is 1.81. The number of hydrogen-bond donors (Lipinski definition) is 0. The van der Waals surface area contributed by atoms with E-state index in [1.807, 2.05) is 31.2 Å². The van der Waals surface area contributed by atoms with Crippen molar-refractivity contribution in [1.29, 1.82) is 0 Å². The minimum atomic E-state index is -0.432. The van der Waals surface area contributed by atoms with Gasteiger partial charge in [0.25, 0.3) is 0 Å². The molecule has 21 heavy (non-hydrogen) atoms. The van der Waals surface area contributed by atoms with Crippen LogP contribution in [-0.4, -0.2) is 12.6 Å². The number of ether oxygens (including phenoxy) is 2. The van der Waals surface area contributed by atoms with Gasteiger partial charge in [-0.3, -0.25) is 0 Å². The Morgan fingerprint density at radius 2 is 1.86 bits per heavy atom. The van der Waals surface area contributed by atoms with Gasteiger partial charge in [-0.15, -0.1) is 6.42 Å². The van der Waals surface area contributed by atoms with Crippen molar-refractivity contribution in [3.8, 4) is 18.1 Å². The first-order valence-electron chi connectivity index (χ1n) is 6.58. The van der Waals surface area contributed by atoms with Crippen LogP contribution in [0.1, 0.15) is 21.5 Å². The van der Waals surface area contributed by atoms with Crippen LogP contribution >= 0.6 is 0 Å². The zero-order valence-electron chi connectivity index (χ0n) is 11.8. The third-order valence-electron chi connectivity index (χ3n) is 3.03. The molecule has 3 nitrogen and oxygen atoms in total. The molecule has 0 bridgehead atoms. The van der Waals surface area contributed by atoms with E-state index in [4.69, 9.17) is 15.9 Å². The van der Waals surface area contributed by atoms with Crippen LogP contribution in [0.3, 0.4) is 0 Å². The molecule has 0 aliphatic carbocycles. The molecule has 0 spiro atoms. The number of carbonyl (C=O) groups is 1.